The molecule has 0 aliphatic carbocycles. The Morgan fingerprint density at radius 3 is 1.89 bits per heavy atom. The number of hydrogen-bond donors (Lipinski definition) is 3. The smallest absolute Gasteiger partial charge is 0.353 e. The molecule has 0 aliphatic heterocycles. The molecule has 2 atom stereocenters. The monoisotopic (exact) mass is 313 g/mol. The maximum absolute atomic E-state index is 11.4. The third-order valence-corrected chi connectivity index (χ3v) is 7.09. The molecule has 0 spiro atoms. The zero-order valence-electron chi connectivity index (χ0n) is 11.7. The van der Waals surface area contributed by atoms with Crippen molar-refractivity contribution in [1.82, 2.24) is 0 Å². The van der Waals surface area contributed by atoms with Crippen LogP contribution in [-0.4, -0.2) is 26.6 Å². The highest BCUT2D eigenvalue weighted by atomic mass is 31.2. The van der Waals surface area contributed by atoms with E-state index in [1.165, 1.54) is 25.7 Å². The molecule has 2 unspecified atom stereocenters. The first-order valence-electron chi connectivity index (χ1n) is 7.03. The summed E-state index contributed by atoms with van der Waals surface area (Å²) in [5.74, 6) is 0. The molecule has 19 heavy (non-hydrogen) atoms. The standard InChI is InChI=1S/C12H26O5P2/c1-2-3-4-5-6-7-8-9-10-12(18(14)11-13)19(15,16)17/h12-13H,2-11H2,1H3,(H-,15,16,17)/p+1. The molecule has 0 heterocycles. The summed E-state index contributed by atoms with van der Waals surface area (Å²) >= 11 is 0. The fourth-order valence-corrected chi connectivity index (χ4v) is 4.77. The molecule has 0 fully saturated rings. The number of aliphatic hydroxyl groups is 1. The summed E-state index contributed by atoms with van der Waals surface area (Å²) in [6, 6.07) is 0. The normalized spacial score (nSPS) is 14.4. The second-order valence-electron chi connectivity index (χ2n) is 4.89. The topological polar surface area (TPSA) is 94.8 Å². The lowest BCUT2D eigenvalue weighted by Crippen LogP contribution is -2.05. The lowest BCUT2D eigenvalue weighted by Gasteiger charge is -2.08. The molecule has 7 heteroatoms. The predicted octanol–water partition coefficient (Wildman–Crippen LogP) is 3.80. The Kier molecular flexibility index (Phi) is 11.1. The van der Waals surface area contributed by atoms with Gasteiger partial charge in [0.15, 0.2) is 0 Å². The molecule has 0 aromatic carbocycles. The van der Waals surface area contributed by atoms with Crippen LogP contribution in [-0.2, 0) is 9.13 Å². The van der Waals surface area contributed by atoms with Gasteiger partial charge in [0.25, 0.3) is 5.40 Å². The molecule has 0 saturated carbocycles. The van der Waals surface area contributed by atoms with Gasteiger partial charge in [-0.25, -0.2) is 0 Å². The van der Waals surface area contributed by atoms with E-state index in [-0.39, 0.29) is 6.42 Å². The third-order valence-electron chi connectivity index (χ3n) is 3.18. The summed E-state index contributed by atoms with van der Waals surface area (Å²) in [5.41, 5.74) is 0. The molecule has 0 aromatic rings. The van der Waals surface area contributed by atoms with Crippen LogP contribution in [0.25, 0.3) is 0 Å². The van der Waals surface area contributed by atoms with Gasteiger partial charge in [-0.2, -0.15) is 0 Å². The van der Waals surface area contributed by atoms with Crippen LogP contribution in [0, 0.1) is 0 Å². The predicted molar refractivity (Wildman–Crippen MR) is 77.8 cm³/mol. The Balaban J connectivity index is 3.77. The molecule has 5 nitrogen and oxygen atoms in total. The van der Waals surface area contributed by atoms with Crippen LogP contribution in [0.1, 0.15) is 64.7 Å². The minimum absolute atomic E-state index is 0.231. The van der Waals surface area contributed by atoms with Gasteiger partial charge in [-0.05, 0) is 6.42 Å². The Bertz CT molecular complexity index is 290. The van der Waals surface area contributed by atoms with Crippen LogP contribution in [0.5, 0.6) is 0 Å². The van der Waals surface area contributed by atoms with Crippen molar-refractivity contribution in [3.05, 3.63) is 0 Å². The Labute approximate surface area is 116 Å². The molecule has 0 saturated heterocycles. The zero-order chi connectivity index (χ0) is 14.7. The van der Waals surface area contributed by atoms with Gasteiger partial charge in [0.05, 0.1) is 0 Å². The minimum atomic E-state index is -4.36. The Hall–Kier alpha value is 0.210. The molecule has 114 valence electrons. The van der Waals surface area contributed by atoms with E-state index in [0.717, 1.165) is 19.3 Å². The van der Waals surface area contributed by atoms with Crippen molar-refractivity contribution >= 4 is 15.4 Å². The van der Waals surface area contributed by atoms with Crippen LogP contribution >= 0.6 is 15.4 Å². The van der Waals surface area contributed by atoms with Crippen molar-refractivity contribution in [3.63, 3.8) is 0 Å². The van der Waals surface area contributed by atoms with Crippen LogP contribution < -0.4 is 0 Å². The van der Waals surface area contributed by atoms with Gasteiger partial charge in [-0.1, -0.05) is 56.4 Å². The van der Waals surface area contributed by atoms with E-state index in [1.807, 2.05) is 0 Å². The minimum Gasteiger partial charge on any atom is -0.353 e. The molecular formula is C12H27O5P2+. The maximum Gasteiger partial charge on any atom is 0.382 e. The van der Waals surface area contributed by atoms with Gasteiger partial charge in [0.1, 0.15) is 0 Å². The van der Waals surface area contributed by atoms with E-state index >= 15 is 0 Å². The lowest BCUT2D eigenvalue weighted by atomic mass is 10.1. The molecule has 0 radical (unpaired) electrons. The molecule has 0 amide bonds. The fourth-order valence-electron chi connectivity index (χ4n) is 2.03. The van der Waals surface area contributed by atoms with Gasteiger partial charge in [0.2, 0.25) is 6.35 Å². The summed E-state index contributed by atoms with van der Waals surface area (Å²) in [7, 11) is -6.58. The first-order valence-corrected chi connectivity index (χ1v) is 10.2. The molecule has 3 N–H and O–H groups in total. The number of rotatable bonds is 12. The van der Waals surface area contributed by atoms with E-state index in [1.54, 1.807) is 0 Å². The molecule has 0 aromatic heterocycles. The number of unbranched alkanes of at least 4 members (excludes halogenated alkanes) is 7. The van der Waals surface area contributed by atoms with E-state index in [4.69, 9.17) is 14.9 Å². The first-order chi connectivity index (χ1) is 8.93. The highest BCUT2D eigenvalue weighted by Crippen LogP contribution is 2.55. The summed E-state index contributed by atoms with van der Waals surface area (Å²) < 4.78 is 22.6. The summed E-state index contributed by atoms with van der Waals surface area (Å²) in [6.45, 7) is 2.17. The van der Waals surface area contributed by atoms with Gasteiger partial charge < -0.3 is 14.9 Å². The molecule has 0 bridgehead atoms. The van der Waals surface area contributed by atoms with Gasteiger partial charge in [0, 0.05) is 6.42 Å². The number of hydrogen-bond acceptors (Lipinski definition) is 3. The lowest BCUT2D eigenvalue weighted by molar-refractivity contribution is 0.349. The molecular weight excluding hydrogens is 286 g/mol. The van der Waals surface area contributed by atoms with Crippen molar-refractivity contribution in [1.29, 1.82) is 0 Å². The van der Waals surface area contributed by atoms with Gasteiger partial charge in [-0.3, -0.25) is 4.57 Å². The van der Waals surface area contributed by atoms with E-state index in [2.05, 4.69) is 6.92 Å². The van der Waals surface area contributed by atoms with Crippen molar-refractivity contribution < 1.29 is 24.0 Å². The van der Waals surface area contributed by atoms with E-state index < -0.39 is 27.1 Å². The molecule has 0 rings (SSSR count). The van der Waals surface area contributed by atoms with Crippen LogP contribution in [0.2, 0.25) is 0 Å². The van der Waals surface area contributed by atoms with Crippen LogP contribution in [0.3, 0.4) is 0 Å². The van der Waals surface area contributed by atoms with Crippen LogP contribution in [0.4, 0.5) is 0 Å². The molecule has 0 aliphatic rings. The average molecular weight is 313 g/mol. The van der Waals surface area contributed by atoms with Crippen LogP contribution in [0.15, 0.2) is 0 Å². The van der Waals surface area contributed by atoms with Crippen molar-refractivity contribution in [3.8, 4) is 0 Å². The fraction of sp³-hybridized carbons (Fsp3) is 1.00. The largest absolute Gasteiger partial charge is 0.382 e. The Morgan fingerprint density at radius 1 is 1.00 bits per heavy atom. The average Bonchev–Trinajstić information content (AvgIpc) is 2.34. The Morgan fingerprint density at radius 2 is 1.47 bits per heavy atom. The second kappa shape index (κ2) is 10.9. The van der Waals surface area contributed by atoms with E-state index in [0.29, 0.717) is 6.42 Å². The summed E-state index contributed by atoms with van der Waals surface area (Å²) in [4.78, 5) is 18.2. The third kappa shape index (κ3) is 9.70. The second-order valence-corrected chi connectivity index (χ2v) is 8.84. The van der Waals surface area contributed by atoms with Crippen molar-refractivity contribution in [2.45, 2.75) is 70.1 Å². The quantitative estimate of drug-likeness (QED) is 0.376. The highest BCUT2D eigenvalue weighted by molar-refractivity contribution is 7.67. The van der Waals surface area contributed by atoms with Gasteiger partial charge in [-0.15, -0.1) is 0 Å². The SMILES string of the molecule is CCCCCCCCCCC([P+](=O)CO)P(=O)(O)O. The zero-order valence-corrected chi connectivity index (χ0v) is 13.5. The van der Waals surface area contributed by atoms with Gasteiger partial charge >= 0.3 is 15.4 Å². The van der Waals surface area contributed by atoms with E-state index in [9.17, 15) is 9.13 Å². The summed E-state index contributed by atoms with van der Waals surface area (Å²) in [6.07, 6.45) is 8.27. The maximum atomic E-state index is 11.4. The van der Waals surface area contributed by atoms with Crippen molar-refractivity contribution in [2.75, 3.05) is 6.35 Å². The first kappa shape index (κ1) is 19.2. The number of aliphatic hydroxyl groups excluding tert-OH is 1. The highest BCUT2D eigenvalue weighted by Gasteiger charge is 2.43. The van der Waals surface area contributed by atoms with Crippen molar-refractivity contribution in [2.24, 2.45) is 0 Å². The summed E-state index contributed by atoms with van der Waals surface area (Å²) in [5, 5.41) is 7.59.